The van der Waals surface area contributed by atoms with Gasteiger partial charge in [0, 0.05) is 26.5 Å². The first kappa shape index (κ1) is 10.5. The van der Waals surface area contributed by atoms with Crippen molar-refractivity contribution in [3.8, 4) is 0 Å². The maximum Gasteiger partial charge on any atom is 0.223 e. The van der Waals surface area contributed by atoms with E-state index in [0.29, 0.717) is 44.4 Å². The highest BCUT2D eigenvalue weighted by atomic mass is 16.5. The molecule has 0 aromatic carbocycles. The summed E-state index contributed by atoms with van der Waals surface area (Å²) in [7, 11) is 0. The Hall–Kier alpha value is -0.980. The van der Waals surface area contributed by atoms with Crippen LogP contribution in [0.25, 0.3) is 0 Å². The van der Waals surface area contributed by atoms with Gasteiger partial charge in [-0.2, -0.15) is 4.98 Å². The smallest absolute Gasteiger partial charge is 0.223 e. The number of hydrogen-bond acceptors (Lipinski definition) is 6. The van der Waals surface area contributed by atoms with Gasteiger partial charge in [-0.25, -0.2) is 0 Å². The van der Waals surface area contributed by atoms with Gasteiger partial charge in [0.1, 0.15) is 5.60 Å². The lowest BCUT2D eigenvalue weighted by Crippen LogP contribution is -2.40. The van der Waals surface area contributed by atoms with Crippen molar-refractivity contribution in [2.45, 2.75) is 25.5 Å². The summed E-state index contributed by atoms with van der Waals surface area (Å²) >= 11 is 0. The van der Waals surface area contributed by atoms with Gasteiger partial charge in [0.25, 0.3) is 0 Å². The van der Waals surface area contributed by atoms with E-state index in [0.717, 1.165) is 0 Å². The molecule has 1 unspecified atom stereocenters. The van der Waals surface area contributed by atoms with Crippen molar-refractivity contribution < 1.29 is 14.4 Å². The highest BCUT2D eigenvalue weighted by Gasteiger charge is 2.31. The van der Waals surface area contributed by atoms with Gasteiger partial charge < -0.3 is 19.7 Å². The van der Waals surface area contributed by atoms with Gasteiger partial charge in [-0.15, -0.1) is 0 Å². The first-order chi connectivity index (χ1) is 7.18. The normalized spacial score (nSPS) is 26.0. The van der Waals surface area contributed by atoms with E-state index in [2.05, 4.69) is 15.5 Å². The molecule has 1 atom stereocenters. The molecule has 0 bridgehead atoms. The molecule has 0 aliphatic carbocycles. The van der Waals surface area contributed by atoms with Crippen molar-refractivity contribution in [2.75, 3.05) is 19.8 Å². The van der Waals surface area contributed by atoms with Crippen LogP contribution in [-0.2, 0) is 11.3 Å². The van der Waals surface area contributed by atoms with Gasteiger partial charge in [0.05, 0.1) is 13.2 Å². The number of ether oxygens (including phenoxy) is 1. The molecule has 1 saturated heterocycles. The Balaban J connectivity index is 1.75. The minimum Gasteiger partial charge on any atom is -0.386 e. The number of hydrogen-bond donors (Lipinski definition) is 2. The molecule has 0 amide bonds. The summed E-state index contributed by atoms with van der Waals surface area (Å²) in [5.74, 6) is 1.16. The Kier molecular flexibility index (Phi) is 2.99. The minimum absolute atomic E-state index is 0.394. The van der Waals surface area contributed by atoms with Crippen molar-refractivity contribution in [1.82, 2.24) is 15.5 Å². The van der Waals surface area contributed by atoms with Crippen LogP contribution in [0.1, 0.15) is 18.1 Å². The van der Waals surface area contributed by atoms with E-state index in [1.54, 1.807) is 6.92 Å². The topological polar surface area (TPSA) is 80.4 Å². The first-order valence-electron chi connectivity index (χ1n) is 4.98. The molecule has 15 heavy (non-hydrogen) atoms. The fourth-order valence-electron chi connectivity index (χ4n) is 1.56. The van der Waals surface area contributed by atoms with Crippen LogP contribution in [0.4, 0.5) is 0 Å². The summed E-state index contributed by atoms with van der Waals surface area (Å²) in [6, 6.07) is 0. The maximum absolute atomic E-state index is 9.92. The van der Waals surface area contributed by atoms with Crippen LogP contribution in [0.5, 0.6) is 0 Å². The molecule has 0 spiro atoms. The number of aryl methyl sites for hydroxylation is 1. The third-order valence-electron chi connectivity index (χ3n) is 2.39. The highest BCUT2D eigenvalue weighted by molar-refractivity contribution is 4.87. The number of nitrogens with zero attached hydrogens (tertiary/aromatic N) is 2. The zero-order valence-electron chi connectivity index (χ0n) is 8.69. The van der Waals surface area contributed by atoms with Crippen LogP contribution >= 0.6 is 0 Å². The van der Waals surface area contributed by atoms with E-state index in [-0.39, 0.29) is 0 Å². The van der Waals surface area contributed by atoms with Crippen molar-refractivity contribution in [2.24, 2.45) is 0 Å². The van der Waals surface area contributed by atoms with Crippen molar-refractivity contribution in [3.63, 3.8) is 0 Å². The third kappa shape index (κ3) is 2.74. The Labute approximate surface area is 87.6 Å². The standard InChI is InChI=1S/C9H15N3O3/c1-7-11-8(12-15-7)4-10-5-9(13)2-3-14-6-9/h10,13H,2-6H2,1H3. The van der Waals surface area contributed by atoms with Crippen LogP contribution in [-0.4, -0.2) is 40.6 Å². The fourth-order valence-corrected chi connectivity index (χ4v) is 1.56. The molecule has 2 N–H and O–H groups in total. The number of nitrogens with one attached hydrogen (secondary N) is 1. The van der Waals surface area contributed by atoms with Crippen LogP contribution < -0.4 is 5.32 Å². The lowest BCUT2D eigenvalue weighted by Gasteiger charge is -2.19. The largest absolute Gasteiger partial charge is 0.386 e. The minimum atomic E-state index is -0.737. The summed E-state index contributed by atoms with van der Waals surface area (Å²) in [5, 5.41) is 16.7. The summed E-state index contributed by atoms with van der Waals surface area (Å²) < 4.78 is 9.95. The van der Waals surface area contributed by atoms with E-state index in [4.69, 9.17) is 9.26 Å². The second kappa shape index (κ2) is 4.26. The summed E-state index contributed by atoms with van der Waals surface area (Å²) in [5.41, 5.74) is -0.737. The average molecular weight is 213 g/mol. The molecule has 6 heteroatoms. The maximum atomic E-state index is 9.92. The van der Waals surface area contributed by atoms with Crippen LogP contribution in [0.2, 0.25) is 0 Å². The molecule has 2 rings (SSSR count). The van der Waals surface area contributed by atoms with E-state index < -0.39 is 5.60 Å². The van der Waals surface area contributed by atoms with Gasteiger partial charge >= 0.3 is 0 Å². The zero-order valence-corrected chi connectivity index (χ0v) is 8.69. The second-order valence-electron chi connectivity index (χ2n) is 3.86. The van der Waals surface area contributed by atoms with Gasteiger partial charge in [-0.05, 0) is 0 Å². The van der Waals surface area contributed by atoms with Crippen LogP contribution in [0.15, 0.2) is 4.52 Å². The number of aliphatic hydroxyl groups is 1. The van der Waals surface area contributed by atoms with Gasteiger partial charge in [0.2, 0.25) is 5.89 Å². The lowest BCUT2D eigenvalue weighted by atomic mass is 10.0. The first-order valence-corrected chi connectivity index (χ1v) is 4.98. The molecule has 1 fully saturated rings. The SMILES string of the molecule is Cc1nc(CNCC2(O)CCOC2)no1. The number of aromatic nitrogens is 2. The Morgan fingerprint density at radius 3 is 3.07 bits per heavy atom. The zero-order chi connectivity index (χ0) is 10.7. The van der Waals surface area contributed by atoms with Crippen molar-refractivity contribution in [3.05, 3.63) is 11.7 Å². The van der Waals surface area contributed by atoms with Gasteiger partial charge in [-0.3, -0.25) is 0 Å². The van der Waals surface area contributed by atoms with E-state index >= 15 is 0 Å². The number of rotatable bonds is 4. The molecule has 84 valence electrons. The molecule has 6 nitrogen and oxygen atoms in total. The fraction of sp³-hybridized carbons (Fsp3) is 0.778. The molecule has 2 heterocycles. The Morgan fingerprint density at radius 2 is 2.47 bits per heavy atom. The Bertz CT molecular complexity index is 320. The van der Waals surface area contributed by atoms with E-state index in [9.17, 15) is 5.11 Å². The quantitative estimate of drug-likeness (QED) is 0.709. The molecular formula is C9H15N3O3. The van der Waals surface area contributed by atoms with Crippen molar-refractivity contribution in [1.29, 1.82) is 0 Å². The van der Waals surface area contributed by atoms with Crippen LogP contribution in [0.3, 0.4) is 0 Å². The Morgan fingerprint density at radius 1 is 1.60 bits per heavy atom. The molecule has 1 aliphatic rings. The molecule has 0 radical (unpaired) electrons. The second-order valence-corrected chi connectivity index (χ2v) is 3.86. The van der Waals surface area contributed by atoms with Crippen molar-refractivity contribution >= 4 is 0 Å². The lowest BCUT2D eigenvalue weighted by molar-refractivity contribution is 0.0267. The molecule has 1 aliphatic heterocycles. The molecule has 0 saturated carbocycles. The monoisotopic (exact) mass is 213 g/mol. The van der Waals surface area contributed by atoms with E-state index in [1.165, 1.54) is 0 Å². The van der Waals surface area contributed by atoms with Gasteiger partial charge in [-0.1, -0.05) is 5.16 Å². The molecular weight excluding hydrogens is 198 g/mol. The third-order valence-corrected chi connectivity index (χ3v) is 2.39. The van der Waals surface area contributed by atoms with E-state index in [1.807, 2.05) is 0 Å². The molecule has 1 aromatic heterocycles. The summed E-state index contributed by atoms with van der Waals surface area (Å²) in [4.78, 5) is 4.04. The molecule has 1 aromatic rings. The summed E-state index contributed by atoms with van der Waals surface area (Å²) in [6.45, 7) is 3.75. The predicted octanol–water partition coefficient (Wildman–Crippen LogP) is -0.381. The predicted molar refractivity (Wildman–Crippen MR) is 51.1 cm³/mol. The van der Waals surface area contributed by atoms with Crippen LogP contribution in [0, 0.1) is 6.92 Å². The average Bonchev–Trinajstić information content (AvgIpc) is 2.76. The van der Waals surface area contributed by atoms with Gasteiger partial charge in [0.15, 0.2) is 5.82 Å². The summed E-state index contributed by atoms with van der Waals surface area (Å²) in [6.07, 6.45) is 0.672. The highest BCUT2D eigenvalue weighted by Crippen LogP contribution is 2.16.